The Bertz CT molecular complexity index is 600. The average molecular weight is 311 g/mol. The molecule has 1 aromatic carbocycles. The van der Waals surface area contributed by atoms with Crippen LogP contribution < -0.4 is 10.2 Å². The molecule has 0 aromatic heterocycles. The Morgan fingerprint density at radius 2 is 1.52 bits per heavy atom. The Morgan fingerprint density at radius 3 is 1.95 bits per heavy atom. The van der Waals surface area contributed by atoms with E-state index in [0.717, 1.165) is 5.46 Å². The highest BCUT2D eigenvalue weighted by atomic mass is 32.2. The van der Waals surface area contributed by atoms with Crippen LogP contribution in [-0.2, 0) is 20.2 Å². The lowest BCUT2D eigenvalue weighted by atomic mass is 9.79. The van der Waals surface area contributed by atoms with Gasteiger partial charge >= 0.3 is 7.12 Å². The van der Waals surface area contributed by atoms with Crippen molar-refractivity contribution in [1.29, 1.82) is 0 Å². The standard InChI is InChI=1S/C13H18BNO5S/c1-12(2)13(3,4)20-14(19-12)10-7-5-9(6-8-10)11(16)15-21(17)18/h5-8,21H,1-4H3,(H,15,16,17,18). The zero-order valence-electron chi connectivity index (χ0n) is 12.4. The van der Waals surface area contributed by atoms with Gasteiger partial charge in [0.1, 0.15) is 0 Å². The van der Waals surface area contributed by atoms with E-state index in [1.807, 2.05) is 32.4 Å². The van der Waals surface area contributed by atoms with Crippen LogP contribution in [-0.4, -0.2) is 32.6 Å². The first-order chi connectivity index (χ1) is 9.62. The van der Waals surface area contributed by atoms with Crippen molar-refractivity contribution >= 4 is 29.4 Å². The average Bonchev–Trinajstić information content (AvgIpc) is 2.58. The van der Waals surface area contributed by atoms with Gasteiger partial charge in [-0.1, -0.05) is 12.1 Å². The van der Waals surface area contributed by atoms with Crippen LogP contribution in [0.5, 0.6) is 0 Å². The SMILES string of the molecule is CC1(C)OB(c2ccc(C(=O)N[SH](=O)=O)cc2)OC1(C)C. The van der Waals surface area contributed by atoms with Gasteiger partial charge in [-0.15, -0.1) is 0 Å². The summed E-state index contributed by atoms with van der Waals surface area (Å²) in [7, 11) is -3.47. The summed E-state index contributed by atoms with van der Waals surface area (Å²) in [4.78, 5) is 11.5. The van der Waals surface area contributed by atoms with Gasteiger partial charge in [-0.3, -0.25) is 9.52 Å². The maximum atomic E-state index is 11.5. The van der Waals surface area contributed by atoms with E-state index in [9.17, 15) is 13.2 Å². The first-order valence-electron chi connectivity index (χ1n) is 6.53. The summed E-state index contributed by atoms with van der Waals surface area (Å²) < 4.78 is 34.6. The van der Waals surface area contributed by atoms with E-state index in [0.29, 0.717) is 0 Å². The van der Waals surface area contributed by atoms with Gasteiger partial charge in [-0.05, 0) is 45.3 Å². The monoisotopic (exact) mass is 311 g/mol. The first kappa shape index (κ1) is 16.0. The highest BCUT2D eigenvalue weighted by Gasteiger charge is 2.51. The lowest BCUT2D eigenvalue weighted by Crippen LogP contribution is -2.41. The van der Waals surface area contributed by atoms with Crippen LogP contribution in [0.15, 0.2) is 24.3 Å². The molecule has 0 aliphatic carbocycles. The second kappa shape index (κ2) is 5.44. The molecule has 0 saturated carbocycles. The van der Waals surface area contributed by atoms with Crippen molar-refractivity contribution in [1.82, 2.24) is 4.72 Å². The van der Waals surface area contributed by atoms with Crippen molar-refractivity contribution in [2.75, 3.05) is 0 Å². The largest absolute Gasteiger partial charge is 0.494 e. The number of carbonyl (C=O) groups is 1. The minimum atomic E-state index is -2.95. The Morgan fingerprint density at radius 1 is 1.05 bits per heavy atom. The van der Waals surface area contributed by atoms with E-state index in [1.165, 1.54) is 12.1 Å². The van der Waals surface area contributed by atoms with Gasteiger partial charge in [-0.2, -0.15) is 0 Å². The normalized spacial score (nSPS) is 19.8. The van der Waals surface area contributed by atoms with Gasteiger partial charge in [-0.25, -0.2) is 8.42 Å². The smallest absolute Gasteiger partial charge is 0.399 e. The number of hydrogen-bond acceptors (Lipinski definition) is 5. The molecule has 21 heavy (non-hydrogen) atoms. The van der Waals surface area contributed by atoms with E-state index < -0.39 is 35.1 Å². The number of hydrogen-bond donors (Lipinski definition) is 2. The molecule has 1 fully saturated rings. The number of rotatable bonds is 3. The molecular weight excluding hydrogens is 293 g/mol. The van der Waals surface area contributed by atoms with Gasteiger partial charge in [0.05, 0.1) is 11.2 Å². The summed E-state index contributed by atoms with van der Waals surface area (Å²) in [5.41, 5.74) is 0.162. The molecule has 6 nitrogen and oxygen atoms in total. The minimum Gasteiger partial charge on any atom is -0.399 e. The number of nitrogens with one attached hydrogen (secondary N) is 1. The Hall–Kier alpha value is -1.38. The number of amides is 1. The molecule has 114 valence electrons. The summed E-state index contributed by atoms with van der Waals surface area (Å²) in [6, 6.07) is 6.45. The fraction of sp³-hybridized carbons (Fsp3) is 0.462. The maximum absolute atomic E-state index is 11.5. The van der Waals surface area contributed by atoms with Gasteiger partial charge in [0, 0.05) is 5.56 Å². The van der Waals surface area contributed by atoms with Crippen LogP contribution >= 0.6 is 0 Å². The summed E-state index contributed by atoms with van der Waals surface area (Å²) in [6.45, 7) is 7.83. The molecule has 0 radical (unpaired) electrons. The van der Waals surface area contributed by atoms with Crippen molar-refractivity contribution < 1.29 is 22.5 Å². The summed E-state index contributed by atoms with van der Waals surface area (Å²) in [6.07, 6.45) is 0. The van der Waals surface area contributed by atoms with Crippen molar-refractivity contribution in [3.63, 3.8) is 0 Å². The van der Waals surface area contributed by atoms with E-state index in [1.54, 1.807) is 12.1 Å². The molecule has 0 bridgehead atoms. The van der Waals surface area contributed by atoms with Gasteiger partial charge in [0.15, 0.2) is 0 Å². The van der Waals surface area contributed by atoms with Crippen LogP contribution in [0.3, 0.4) is 0 Å². The molecule has 0 spiro atoms. The lowest BCUT2D eigenvalue weighted by Gasteiger charge is -2.32. The highest BCUT2D eigenvalue weighted by Crippen LogP contribution is 2.36. The maximum Gasteiger partial charge on any atom is 0.494 e. The van der Waals surface area contributed by atoms with Gasteiger partial charge in [0.25, 0.3) is 5.91 Å². The summed E-state index contributed by atoms with van der Waals surface area (Å²) in [5.74, 6) is -0.661. The molecule has 8 heteroatoms. The third-order valence-electron chi connectivity index (χ3n) is 3.89. The zero-order valence-corrected chi connectivity index (χ0v) is 13.3. The summed E-state index contributed by atoms with van der Waals surface area (Å²) in [5, 5.41) is 0. The van der Waals surface area contributed by atoms with E-state index in [-0.39, 0.29) is 5.56 Å². The molecule has 1 aromatic rings. The Labute approximate surface area is 126 Å². The molecule has 0 unspecified atom stereocenters. The molecule has 0 atom stereocenters. The number of benzene rings is 1. The third-order valence-corrected chi connectivity index (χ3v) is 4.28. The Kier molecular flexibility index (Phi) is 4.14. The van der Waals surface area contributed by atoms with Gasteiger partial charge < -0.3 is 9.31 Å². The number of thiol groups is 1. The fourth-order valence-corrected chi connectivity index (χ4v) is 2.21. The first-order valence-corrected chi connectivity index (χ1v) is 7.71. The van der Waals surface area contributed by atoms with Crippen molar-refractivity contribution in [2.24, 2.45) is 0 Å². The van der Waals surface area contributed by atoms with Crippen LogP contribution in [0, 0.1) is 0 Å². The zero-order chi connectivity index (χ0) is 15.8. The van der Waals surface area contributed by atoms with Crippen LogP contribution in [0.2, 0.25) is 0 Å². The molecule has 1 heterocycles. The fourth-order valence-electron chi connectivity index (χ4n) is 1.92. The van der Waals surface area contributed by atoms with Crippen LogP contribution in [0.4, 0.5) is 0 Å². The van der Waals surface area contributed by atoms with Crippen LogP contribution in [0.1, 0.15) is 38.1 Å². The minimum absolute atomic E-state index is 0.259. The molecular formula is C13H18BNO5S. The van der Waals surface area contributed by atoms with Crippen LogP contribution in [0.25, 0.3) is 0 Å². The third kappa shape index (κ3) is 3.28. The predicted octanol–water partition coefficient (Wildman–Crippen LogP) is 0.242. The molecule has 1 N–H and O–H groups in total. The molecule has 2 rings (SSSR count). The molecule has 1 aliphatic rings. The highest BCUT2D eigenvalue weighted by molar-refractivity contribution is 7.71. The lowest BCUT2D eigenvalue weighted by molar-refractivity contribution is 0.00578. The van der Waals surface area contributed by atoms with E-state index >= 15 is 0 Å². The molecule has 1 aliphatic heterocycles. The molecule has 1 saturated heterocycles. The predicted molar refractivity (Wildman–Crippen MR) is 79.9 cm³/mol. The topological polar surface area (TPSA) is 81.7 Å². The number of carbonyl (C=O) groups excluding carboxylic acids is 1. The Balaban J connectivity index is 2.16. The molecule has 1 amide bonds. The van der Waals surface area contributed by atoms with Crippen molar-refractivity contribution in [3.05, 3.63) is 29.8 Å². The second-order valence-corrected chi connectivity index (χ2v) is 6.65. The quantitative estimate of drug-likeness (QED) is 0.617. The van der Waals surface area contributed by atoms with Gasteiger partial charge in [0.2, 0.25) is 10.9 Å². The summed E-state index contributed by atoms with van der Waals surface area (Å²) >= 11 is 0. The van der Waals surface area contributed by atoms with Crippen molar-refractivity contribution in [3.8, 4) is 0 Å². The van der Waals surface area contributed by atoms with E-state index in [2.05, 4.69) is 0 Å². The van der Waals surface area contributed by atoms with Crippen molar-refractivity contribution in [2.45, 2.75) is 38.9 Å². The second-order valence-electron chi connectivity index (χ2n) is 5.91. The van der Waals surface area contributed by atoms with E-state index in [4.69, 9.17) is 9.31 Å².